The fourth-order valence-corrected chi connectivity index (χ4v) is 2.35. The summed E-state index contributed by atoms with van der Waals surface area (Å²) in [5.41, 5.74) is 8.15. The standard InChI is InChI=1S/C15H20ClN3/c1-3-5-13-18-14(15(17)19(13)10-4-2)11-6-8-12(16)9-7-11/h6-9H,3-5,10,17H2,1-2H3. The Bertz CT molecular complexity index is 543. The van der Waals surface area contributed by atoms with Crippen molar-refractivity contribution in [3.63, 3.8) is 0 Å². The Morgan fingerprint density at radius 2 is 1.84 bits per heavy atom. The topological polar surface area (TPSA) is 43.8 Å². The maximum Gasteiger partial charge on any atom is 0.131 e. The molecule has 0 bridgehead atoms. The Labute approximate surface area is 119 Å². The van der Waals surface area contributed by atoms with Crippen molar-refractivity contribution in [1.82, 2.24) is 9.55 Å². The number of halogens is 1. The van der Waals surface area contributed by atoms with Crippen LogP contribution in [0.2, 0.25) is 5.02 Å². The lowest BCUT2D eigenvalue weighted by atomic mass is 10.1. The molecule has 2 N–H and O–H groups in total. The second-order valence-electron chi connectivity index (χ2n) is 4.67. The minimum Gasteiger partial charge on any atom is -0.383 e. The molecule has 1 aromatic heterocycles. The SMILES string of the molecule is CCCc1nc(-c2ccc(Cl)cc2)c(N)n1CCC. The van der Waals surface area contributed by atoms with Gasteiger partial charge in [0.2, 0.25) is 0 Å². The molecule has 0 aliphatic rings. The fraction of sp³-hybridized carbons (Fsp3) is 0.400. The van der Waals surface area contributed by atoms with Gasteiger partial charge in [-0.2, -0.15) is 0 Å². The lowest BCUT2D eigenvalue weighted by molar-refractivity contribution is 0.637. The van der Waals surface area contributed by atoms with E-state index >= 15 is 0 Å². The van der Waals surface area contributed by atoms with Crippen molar-refractivity contribution in [2.24, 2.45) is 0 Å². The summed E-state index contributed by atoms with van der Waals surface area (Å²) in [5.74, 6) is 1.83. The van der Waals surface area contributed by atoms with E-state index in [4.69, 9.17) is 22.3 Å². The van der Waals surface area contributed by atoms with E-state index in [1.54, 1.807) is 0 Å². The van der Waals surface area contributed by atoms with Gasteiger partial charge in [-0.1, -0.05) is 37.6 Å². The molecule has 3 nitrogen and oxygen atoms in total. The second-order valence-corrected chi connectivity index (χ2v) is 5.11. The van der Waals surface area contributed by atoms with Crippen LogP contribution in [-0.2, 0) is 13.0 Å². The van der Waals surface area contributed by atoms with E-state index in [2.05, 4.69) is 18.4 Å². The van der Waals surface area contributed by atoms with Crippen LogP contribution < -0.4 is 5.73 Å². The number of aromatic nitrogens is 2. The number of rotatable bonds is 5. The number of nitrogens with zero attached hydrogens (tertiary/aromatic N) is 2. The number of nitrogen functional groups attached to an aromatic ring is 1. The van der Waals surface area contributed by atoms with Crippen LogP contribution in [0.3, 0.4) is 0 Å². The van der Waals surface area contributed by atoms with Crippen LogP contribution in [0.25, 0.3) is 11.3 Å². The molecule has 0 aliphatic carbocycles. The van der Waals surface area contributed by atoms with Gasteiger partial charge in [0.15, 0.2) is 0 Å². The largest absolute Gasteiger partial charge is 0.383 e. The molecule has 0 atom stereocenters. The zero-order chi connectivity index (χ0) is 13.8. The number of hydrogen-bond donors (Lipinski definition) is 1. The fourth-order valence-electron chi connectivity index (χ4n) is 2.22. The second kappa shape index (κ2) is 6.11. The zero-order valence-corrected chi connectivity index (χ0v) is 12.2. The minimum atomic E-state index is 0.726. The quantitative estimate of drug-likeness (QED) is 0.892. The molecule has 1 aromatic carbocycles. The van der Waals surface area contributed by atoms with Crippen molar-refractivity contribution >= 4 is 17.4 Å². The number of nitrogens with two attached hydrogens (primary N) is 1. The van der Waals surface area contributed by atoms with Crippen LogP contribution in [0.1, 0.15) is 32.5 Å². The Morgan fingerprint density at radius 3 is 2.42 bits per heavy atom. The lowest BCUT2D eigenvalue weighted by Gasteiger charge is -2.07. The van der Waals surface area contributed by atoms with Crippen molar-refractivity contribution in [2.45, 2.75) is 39.7 Å². The summed E-state index contributed by atoms with van der Waals surface area (Å²) in [6.07, 6.45) is 3.08. The Morgan fingerprint density at radius 1 is 1.16 bits per heavy atom. The van der Waals surface area contributed by atoms with E-state index in [-0.39, 0.29) is 0 Å². The molecule has 2 aromatic rings. The molecule has 102 valence electrons. The molecule has 0 saturated heterocycles. The Balaban J connectivity index is 2.45. The minimum absolute atomic E-state index is 0.726. The van der Waals surface area contributed by atoms with Crippen molar-refractivity contribution in [2.75, 3.05) is 5.73 Å². The molecule has 0 unspecified atom stereocenters. The van der Waals surface area contributed by atoms with E-state index in [9.17, 15) is 0 Å². The van der Waals surface area contributed by atoms with Gasteiger partial charge in [-0.05, 0) is 25.0 Å². The Hall–Kier alpha value is -1.48. The Kier molecular flexibility index (Phi) is 4.48. The summed E-state index contributed by atoms with van der Waals surface area (Å²) in [4.78, 5) is 4.71. The number of benzene rings is 1. The maximum absolute atomic E-state index is 6.26. The first kappa shape index (κ1) is 13.9. The molecule has 0 fully saturated rings. The van der Waals surface area contributed by atoms with Gasteiger partial charge in [0.25, 0.3) is 0 Å². The van der Waals surface area contributed by atoms with Crippen molar-refractivity contribution < 1.29 is 0 Å². The van der Waals surface area contributed by atoms with Gasteiger partial charge >= 0.3 is 0 Å². The molecule has 19 heavy (non-hydrogen) atoms. The summed E-state index contributed by atoms with van der Waals surface area (Å²) in [7, 11) is 0. The molecule has 0 amide bonds. The highest BCUT2D eigenvalue weighted by atomic mass is 35.5. The van der Waals surface area contributed by atoms with Crippen LogP contribution in [-0.4, -0.2) is 9.55 Å². The van der Waals surface area contributed by atoms with Gasteiger partial charge in [-0.3, -0.25) is 0 Å². The molecule has 0 spiro atoms. The first-order chi connectivity index (χ1) is 9.17. The average Bonchev–Trinajstić information content (AvgIpc) is 2.70. The van der Waals surface area contributed by atoms with E-state index in [0.717, 1.165) is 53.7 Å². The number of imidazole rings is 1. The van der Waals surface area contributed by atoms with E-state index in [1.807, 2.05) is 24.3 Å². The monoisotopic (exact) mass is 277 g/mol. The van der Waals surface area contributed by atoms with Gasteiger partial charge < -0.3 is 10.3 Å². The van der Waals surface area contributed by atoms with Gasteiger partial charge in [-0.25, -0.2) is 4.98 Å². The highest BCUT2D eigenvalue weighted by molar-refractivity contribution is 6.30. The zero-order valence-electron chi connectivity index (χ0n) is 11.5. The molecule has 2 rings (SSSR count). The third kappa shape index (κ3) is 2.92. The summed E-state index contributed by atoms with van der Waals surface area (Å²) in [5, 5.41) is 0.726. The van der Waals surface area contributed by atoms with Crippen LogP contribution in [0, 0.1) is 0 Å². The summed E-state index contributed by atoms with van der Waals surface area (Å²) < 4.78 is 2.13. The third-order valence-corrected chi connectivity index (χ3v) is 3.38. The van der Waals surface area contributed by atoms with Crippen LogP contribution in [0.15, 0.2) is 24.3 Å². The first-order valence-electron chi connectivity index (χ1n) is 6.78. The van der Waals surface area contributed by atoms with E-state index in [0.29, 0.717) is 0 Å². The molecule has 0 aliphatic heterocycles. The average molecular weight is 278 g/mol. The number of anilines is 1. The third-order valence-electron chi connectivity index (χ3n) is 3.12. The summed E-state index contributed by atoms with van der Waals surface area (Å²) in [6, 6.07) is 7.67. The maximum atomic E-state index is 6.26. The number of aryl methyl sites for hydroxylation is 1. The van der Waals surface area contributed by atoms with Crippen molar-refractivity contribution in [3.8, 4) is 11.3 Å². The summed E-state index contributed by atoms with van der Waals surface area (Å²) in [6.45, 7) is 5.22. The normalized spacial score (nSPS) is 10.9. The highest BCUT2D eigenvalue weighted by Crippen LogP contribution is 2.28. The highest BCUT2D eigenvalue weighted by Gasteiger charge is 2.14. The molecular formula is C15H20ClN3. The van der Waals surface area contributed by atoms with Crippen molar-refractivity contribution in [3.05, 3.63) is 35.1 Å². The van der Waals surface area contributed by atoms with Crippen molar-refractivity contribution in [1.29, 1.82) is 0 Å². The van der Waals surface area contributed by atoms with Gasteiger partial charge in [-0.15, -0.1) is 0 Å². The van der Waals surface area contributed by atoms with Gasteiger partial charge in [0.1, 0.15) is 17.3 Å². The smallest absolute Gasteiger partial charge is 0.131 e. The van der Waals surface area contributed by atoms with E-state index < -0.39 is 0 Å². The predicted molar refractivity (Wildman–Crippen MR) is 81.4 cm³/mol. The molecule has 4 heteroatoms. The van der Waals surface area contributed by atoms with Crippen LogP contribution >= 0.6 is 11.6 Å². The first-order valence-corrected chi connectivity index (χ1v) is 7.16. The predicted octanol–water partition coefficient (Wildman–Crippen LogP) is 4.15. The lowest BCUT2D eigenvalue weighted by Crippen LogP contribution is -2.06. The van der Waals surface area contributed by atoms with Crippen LogP contribution in [0.4, 0.5) is 5.82 Å². The molecular weight excluding hydrogens is 258 g/mol. The molecule has 0 saturated carbocycles. The van der Waals surface area contributed by atoms with Gasteiger partial charge in [0, 0.05) is 23.6 Å². The number of hydrogen-bond acceptors (Lipinski definition) is 2. The van der Waals surface area contributed by atoms with E-state index in [1.165, 1.54) is 0 Å². The molecule has 0 radical (unpaired) electrons. The van der Waals surface area contributed by atoms with Crippen LogP contribution in [0.5, 0.6) is 0 Å². The summed E-state index contributed by atoms with van der Waals surface area (Å²) >= 11 is 5.92. The molecule has 1 heterocycles. The van der Waals surface area contributed by atoms with Gasteiger partial charge in [0.05, 0.1) is 0 Å².